The Bertz CT molecular complexity index is 672. The number of hydrogen-bond acceptors (Lipinski definition) is 4. The highest BCUT2D eigenvalue weighted by molar-refractivity contribution is 5.95. The Hall–Kier alpha value is -2.25. The fourth-order valence-electron chi connectivity index (χ4n) is 2.02. The zero-order chi connectivity index (χ0) is 16.7. The number of aliphatic hydroxyl groups excluding tert-OH is 1. The molecule has 7 heteroatoms. The summed E-state index contributed by atoms with van der Waals surface area (Å²) in [7, 11) is 1.57. The highest BCUT2D eigenvalue weighted by Gasteiger charge is 2.13. The second-order valence-corrected chi connectivity index (χ2v) is 4.89. The lowest BCUT2D eigenvalue weighted by atomic mass is 10.1. The van der Waals surface area contributed by atoms with Crippen LogP contribution in [0.2, 0.25) is 0 Å². The molecule has 1 amide bonds. The number of pyridine rings is 1. The van der Waals surface area contributed by atoms with E-state index in [9.17, 15) is 9.59 Å². The van der Waals surface area contributed by atoms with E-state index < -0.39 is 0 Å². The van der Waals surface area contributed by atoms with Gasteiger partial charge in [0.25, 0.3) is 5.91 Å². The van der Waals surface area contributed by atoms with Crippen LogP contribution in [0, 0.1) is 0 Å². The predicted octanol–water partition coefficient (Wildman–Crippen LogP) is -2.41. The van der Waals surface area contributed by atoms with Crippen molar-refractivity contribution in [3.63, 3.8) is 0 Å². The number of carbonyl (C=O) groups is 2. The van der Waals surface area contributed by atoms with Gasteiger partial charge in [-0.05, 0) is 24.3 Å². The largest absolute Gasteiger partial charge is 1.00 e. The maximum Gasteiger partial charge on any atom is 0.251 e. The van der Waals surface area contributed by atoms with Crippen molar-refractivity contribution in [2.75, 3.05) is 20.3 Å². The molecule has 0 aliphatic heterocycles. The Morgan fingerprint density at radius 2 is 1.71 bits per heavy atom. The van der Waals surface area contributed by atoms with E-state index in [1.54, 1.807) is 60.5 Å². The molecule has 1 heterocycles. The van der Waals surface area contributed by atoms with Crippen molar-refractivity contribution in [2.45, 2.75) is 6.54 Å². The minimum absolute atomic E-state index is 0. The number of nitrogens with one attached hydrogen (secondary N) is 1. The van der Waals surface area contributed by atoms with E-state index in [2.05, 4.69) is 5.32 Å². The standard InChI is InChI=1S/C17H18N2O4.BrH/c1-23-15-4-2-13(3-5-15)16(21)12-19-9-6-14(7-10-19)17(22)18-8-11-20;/h2-7,9-10,20H,8,11-12H2,1H3;1H. The third-order valence-electron chi connectivity index (χ3n) is 3.29. The number of ketones is 1. The smallest absolute Gasteiger partial charge is 0.251 e. The van der Waals surface area contributed by atoms with E-state index in [-0.39, 0.29) is 48.4 Å². The van der Waals surface area contributed by atoms with Crippen molar-refractivity contribution in [3.8, 4) is 5.75 Å². The average Bonchev–Trinajstić information content (AvgIpc) is 2.60. The summed E-state index contributed by atoms with van der Waals surface area (Å²) in [5.74, 6) is 0.412. The summed E-state index contributed by atoms with van der Waals surface area (Å²) in [4.78, 5) is 23.9. The third-order valence-corrected chi connectivity index (χ3v) is 3.29. The van der Waals surface area contributed by atoms with Crippen LogP contribution in [-0.4, -0.2) is 37.1 Å². The maximum atomic E-state index is 12.2. The van der Waals surface area contributed by atoms with Crippen LogP contribution < -0.4 is 31.6 Å². The van der Waals surface area contributed by atoms with Crippen molar-refractivity contribution in [3.05, 3.63) is 59.9 Å². The number of methoxy groups -OCH3 is 1. The Kier molecular flexibility index (Phi) is 8.08. The molecule has 6 nitrogen and oxygen atoms in total. The van der Waals surface area contributed by atoms with Crippen LogP contribution in [0.5, 0.6) is 5.75 Å². The molecule has 0 spiro atoms. The van der Waals surface area contributed by atoms with Crippen molar-refractivity contribution < 1.29 is 41.0 Å². The van der Waals surface area contributed by atoms with Gasteiger partial charge in [-0.1, -0.05) is 0 Å². The van der Waals surface area contributed by atoms with E-state index in [1.807, 2.05) is 0 Å². The van der Waals surface area contributed by atoms with Gasteiger partial charge in [0.15, 0.2) is 12.4 Å². The van der Waals surface area contributed by atoms with Gasteiger partial charge in [0.05, 0.1) is 19.3 Å². The molecular formula is C17H19BrN2O4. The van der Waals surface area contributed by atoms with Gasteiger partial charge < -0.3 is 32.1 Å². The zero-order valence-corrected chi connectivity index (χ0v) is 14.8. The second-order valence-electron chi connectivity index (χ2n) is 4.89. The number of carbonyl (C=O) groups excluding carboxylic acids is 2. The maximum absolute atomic E-state index is 12.2. The van der Waals surface area contributed by atoms with Crippen molar-refractivity contribution in [1.29, 1.82) is 0 Å². The summed E-state index contributed by atoms with van der Waals surface area (Å²) in [6, 6.07) is 10.2. The van der Waals surface area contributed by atoms with Gasteiger partial charge in [-0.2, -0.15) is 4.57 Å². The van der Waals surface area contributed by atoms with Crippen LogP contribution in [0.3, 0.4) is 0 Å². The number of halogens is 1. The molecule has 0 fully saturated rings. The molecule has 128 valence electrons. The van der Waals surface area contributed by atoms with Gasteiger partial charge >= 0.3 is 0 Å². The Balaban J connectivity index is 0.00000288. The van der Waals surface area contributed by atoms with Crippen molar-refractivity contribution in [2.24, 2.45) is 0 Å². The minimum atomic E-state index is -0.257. The fraction of sp³-hybridized carbons (Fsp3) is 0.235. The Morgan fingerprint density at radius 1 is 1.08 bits per heavy atom. The zero-order valence-electron chi connectivity index (χ0n) is 13.2. The van der Waals surface area contributed by atoms with Crippen LogP contribution >= 0.6 is 0 Å². The lowest BCUT2D eigenvalue weighted by Gasteiger charge is -2.03. The first kappa shape index (κ1) is 19.8. The van der Waals surface area contributed by atoms with E-state index in [1.165, 1.54) is 0 Å². The summed E-state index contributed by atoms with van der Waals surface area (Å²) in [6.45, 7) is 0.295. The minimum Gasteiger partial charge on any atom is -1.00 e. The lowest BCUT2D eigenvalue weighted by molar-refractivity contribution is -0.683. The number of Topliss-reactive ketones (excluding diaryl/α,β-unsaturated/α-hetero) is 1. The van der Waals surface area contributed by atoms with Crippen molar-refractivity contribution >= 4 is 11.7 Å². The molecule has 0 bridgehead atoms. The molecular weight excluding hydrogens is 376 g/mol. The summed E-state index contributed by atoms with van der Waals surface area (Å²) < 4.78 is 6.76. The van der Waals surface area contributed by atoms with E-state index in [4.69, 9.17) is 9.84 Å². The quantitative estimate of drug-likeness (QED) is 0.405. The number of hydrogen-bond donors (Lipinski definition) is 2. The number of amides is 1. The van der Waals surface area contributed by atoms with E-state index >= 15 is 0 Å². The normalized spacial score (nSPS) is 9.75. The van der Waals surface area contributed by atoms with Gasteiger partial charge in [0.2, 0.25) is 12.3 Å². The molecule has 0 aliphatic carbocycles. The molecule has 0 aliphatic rings. The van der Waals surface area contributed by atoms with E-state index in [0.717, 1.165) is 0 Å². The lowest BCUT2D eigenvalue weighted by Crippen LogP contribution is -3.00. The summed E-state index contributed by atoms with van der Waals surface area (Å²) in [5.41, 5.74) is 1.08. The molecule has 0 saturated carbocycles. The van der Waals surface area contributed by atoms with Crippen LogP contribution in [0.4, 0.5) is 0 Å². The summed E-state index contributed by atoms with van der Waals surface area (Å²) >= 11 is 0. The first-order chi connectivity index (χ1) is 11.1. The van der Waals surface area contributed by atoms with Crippen LogP contribution in [0.25, 0.3) is 0 Å². The highest BCUT2D eigenvalue weighted by atomic mass is 79.9. The summed E-state index contributed by atoms with van der Waals surface area (Å²) in [6.07, 6.45) is 3.35. The Morgan fingerprint density at radius 3 is 2.25 bits per heavy atom. The average molecular weight is 395 g/mol. The number of aromatic nitrogens is 1. The number of rotatable bonds is 7. The summed E-state index contributed by atoms with van der Waals surface area (Å²) in [5, 5.41) is 11.3. The van der Waals surface area contributed by atoms with E-state index in [0.29, 0.717) is 16.9 Å². The molecule has 24 heavy (non-hydrogen) atoms. The molecule has 0 unspecified atom stereocenters. The molecule has 0 saturated heterocycles. The Labute approximate surface area is 150 Å². The topological polar surface area (TPSA) is 79.5 Å². The predicted molar refractivity (Wildman–Crippen MR) is 83.4 cm³/mol. The number of aliphatic hydroxyl groups is 1. The molecule has 2 rings (SSSR count). The first-order valence-corrected chi connectivity index (χ1v) is 7.19. The molecule has 2 aromatic rings. The molecule has 0 atom stereocenters. The highest BCUT2D eigenvalue weighted by Crippen LogP contribution is 2.11. The van der Waals surface area contributed by atoms with Gasteiger partial charge in [-0.15, -0.1) is 0 Å². The molecule has 1 aromatic heterocycles. The van der Waals surface area contributed by atoms with Crippen LogP contribution in [0.15, 0.2) is 48.8 Å². The number of nitrogens with zero attached hydrogens (tertiary/aromatic N) is 1. The SMILES string of the molecule is COc1ccc(C(=O)C[n+]2ccc(C(=O)NCCO)cc2)cc1.[Br-]. The molecule has 2 N–H and O–H groups in total. The monoisotopic (exact) mass is 394 g/mol. The third kappa shape index (κ3) is 5.43. The second kappa shape index (κ2) is 9.79. The molecule has 1 aromatic carbocycles. The van der Waals surface area contributed by atoms with Crippen LogP contribution in [-0.2, 0) is 6.54 Å². The molecule has 0 radical (unpaired) electrons. The van der Waals surface area contributed by atoms with Gasteiger partial charge in [0.1, 0.15) is 5.75 Å². The number of benzene rings is 1. The first-order valence-electron chi connectivity index (χ1n) is 7.19. The van der Waals surface area contributed by atoms with Gasteiger partial charge in [0, 0.05) is 24.2 Å². The number of ether oxygens (including phenoxy) is 1. The van der Waals surface area contributed by atoms with Crippen LogP contribution in [0.1, 0.15) is 20.7 Å². The van der Waals surface area contributed by atoms with Gasteiger partial charge in [-0.3, -0.25) is 9.59 Å². The van der Waals surface area contributed by atoms with Gasteiger partial charge in [-0.25, -0.2) is 0 Å². The fourth-order valence-corrected chi connectivity index (χ4v) is 2.02. The van der Waals surface area contributed by atoms with Crippen molar-refractivity contribution in [1.82, 2.24) is 5.32 Å².